The highest BCUT2D eigenvalue weighted by atomic mass is 16.5. The quantitative estimate of drug-likeness (QED) is 0.595. The number of fused-ring (bicyclic) bond motifs is 1. The number of benzene rings is 1. The van der Waals surface area contributed by atoms with E-state index in [1.807, 2.05) is 23.7 Å². The normalized spacial score (nSPS) is 23.7. The summed E-state index contributed by atoms with van der Waals surface area (Å²) in [6, 6.07) is 7.95. The molecule has 2 aliphatic heterocycles. The SMILES string of the molecule is Cc1cccc2cc([C@@H](c3nnnn3C[C@H]3CCCO3)N3CCCC4(CCCCC4)C3)c(=O)[nH]c12. The predicted molar refractivity (Wildman–Crippen MR) is 134 cm³/mol. The van der Waals surface area contributed by atoms with Crippen molar-refractivity contribution >= 4 is 10.9 Å². The van der Waals surface area contributed by atoms with Gasteiger partial charge in [-0.05, 0) is 84.9 Å². The summed E-state index contributed by atoms with van der Waals surface area (Å²) in [5, 5.41) is 14.0. The molecule has 4 heterocycles. The van der Waals surface area contributed by atoms with Crippen LogP contribution in [0.5, 0.6) is 0 Å². The number of H-pyrrole nitrogens is 1. The Morgan fingerprint density at radius 1 is 1.17 bits per heavy atom. The zero-order valence-corrected chi connectivity index (χ0v) is 20.7. The van der Waals surface area contributed by atoms with Crippen molar-refractivity contribution in [2.45, 2.75) is 83.4 Å². The van der Waals surface area contributed by atoms with Gasteiger partial charge < -0.3 is 9.72 Å². The second-order valence-electron chi connectivity index (χ2n) is 11.0. The first-order valence-corrected chi connectivity index (χ1v) is 13.4. The van der Waals surface area contributed by atoms with Crippen molar-refractivity contribution in [1.29, 1.82) is 0 Å². The molecule has 1 aromatic carbocycles. The average molecular weight is 477 g/mol. The standard InChI is InChI=1S/C27H36N6O2/c1-19-8-5-9-20-16-22(26(34)28-23(19)20)24(25-29-30-31-33(25)17-21-10-6-15-35-21)32-14-7-13-27(18-32)11-3-2-4-12-27/h5,8-9,16,21,24H,2-4,6-7,10-15,17-18H2,1H3,(H,28,34)/t21-,24+/m1/s1. The second kappa shape index (κ2) is 9.47. The summed E-state index contributed by atoms with van der Waals surface area (Å²) in [5.41, 5.74) is 3.01. The molecule has 0 amide bonds. The molecule has 2 aromatic heterocycles. The summed E-state index contributed by atoms with van der Waals surface area (Å²) < 4.78 is 7.79. The number of aryl methyl sites for hydroxylation is 1. The van der Waals surface area contributed by atoms with Crippen LogP contribution in [-0.2, 0) is 11.3 Å². The van der Waals surface area contributed by atoms with Gasteiger partial charge in [0.15, 0.2) is 5.82 Å². The van der Waals surface area contributed by atoms with Gasteiger partial charge in [-0.25, -0.2) is 4.68 Å². The lowest BCUT2D eigenvalue weighted by Gasteiger charge is -2.47. The molecule has 8 heteroatoms. The number of ether oxygens (including phenoxy) is 1. The van der Waals surface area contributed by atoms with Crippen LogP contribution in [0.25, 0.3) is 10.9 Å². The second-order valence-corrected chi connectivity index (χ2v) is 11.0. The summed E-state index contributed by atoms with van der Waals surface area (Å²) in [6.45, 7) is 5.40. The third-order valence-electron chi connectivity index (χ3n) is 8.59. The summed E-state index contributed by atoms with van der Waals surface area (Å²) in [4.78, 5) is 19.3. The van der Waals surface area contributed by atoms with Gasteiger partial charge in [-0.2, -0.15) is 0 Å². The highest BCUT2D eigenvalue weighted by molar-refractivity contribution is 5.82. The molecule has 1 saturated carbocycles. The molecule has 1 aliphatic carbocycles. The number of hydrogen-bond acceptors (Lipinski definition) is 6. The number of likely N-dealkylation sites (tertiary alicyclic amines) is 1. The Balaban J connectivity index is 1.44. The predicted octanol–water partition coefficient (Wildman–Crippen LogP) is 4.14. The minimum absolute atomic E-state index is 0.0493. The Bertz CT molecular complexity index is 1230. The number of pyridine rings is 1. The molecule has 35 heavy (non-hydrogen) atoms. The number of nitrogens with one attached hydrogen (secondary N) is 1. The third kappa shape index (κ3) is 4.42. The van der Waals surface area contributed by atoms with E-state index in [0.717, 1.165) is 66.8 Å². The van der Waals surface area contributed by atoms with Crippen molar-refractivity contribution in [3.8, 4) is 0 Å². The number of aromatic nitrogens is 5. The van der Waals surface area contributed by atoms with E-state index in [1.165, 1.54) is 38.5 Å². The van der Waals surface area contributed by atoms with Gasteiger partial charge in [0.25, 0.3) is 5.56 Å². The van der Waals surface area contributed by atoms with E-state index in [1.54, 1.807) is 0 Å². The fourth-order valence-electron chi connectivity index (χ4n) is 6.80. The molecule has 1 spiro atoms. The van der Waals surface area contributed by atoms with Crippen molar-refractivity contribution in [2.24, 2.45) is 5.41 Å². The summed E-state index contributed by atoms with van der Waals surface area (Å²) in [7, 11) is 0. The van der Waals surface area contributed by atoms with Crippen LogP contribution in [0.4, 0.5) is 0 Å². The maximum atomic E-state index is 13.6. The number of nitrogens with zero attached hydrogens (tertiary/aromatic N) is 5. The van der Waals surface area contributed by atoms with Gasteiger partial charge in [0.1, 0.15) is 6.04 Å². The molecule has 0 bridgehead atoms. The highest BCUT2D eigenvalue weighted by Gasteiger charge is 2.41. The van der Waals surface area contributed by atoms with E-state index in [0.29, 0.717) is 12.0 Å². The number of piperidine rings is 1. The van der Waals surface area contributed by atoms with Gasteiger partial charge in [0.2, 0.25) is 0 Å². The molecule has 186 valence electrons. The van der Waals surface area contributed by atoms with Gasteiger partial charge in [-0.3, -0.25) is 9.69 Å². The molecule has 2 saturated heterocycles. The minimum atomic E-state index is -0.279. The number of hydrogen-bond donors (Lipinski definition) is 1. The molecular weight excluding hydrogens is 440 g/mol. The van der Waals surface area contributed by atoms with Crippen molar-refractivity contribution in [2.75, 3.05) is 19.7 Å². The Kier molecular flexibility index (Phi) is 6.18. The van der Waals surface area contributed by atoms with Crippen LogP contribution < -0.4 is 5.56 Å². The first-order chi connectivity index (χ1) is 17.1. The number of para-hydroxylation sites is 1. The van der Waals surface area contributed by atoms with E-state index >= 15 is 0 Å². The van der Waals surface area contributed by atoms with E-state index < -0.39 is 0 Å². The molecule has 8 nitrogen and oxygen atoms in total. The average Bonchev–Trinajstić information content (AvgIpc) is 3.54. The van der Waals surface area contributed by atoms with Crippen molar-refractivity contribution in [3.63, 3.8) is 0 Å². The summed E-state index contributed by atoms with van der Waals surface area (Å²) in [5.74, 6) is 0.755. The fraction of sp³-hybridized carbons (Fsp3) is 0.630. The van der Waals surface area contributed by atoms with Crippen LogP contribution in [0.3, 0.4) is 0 Å². The van der Waals surface area contributed by atoms with Gasteiger partial charge in [0.05, 0.1) is 18.2 Å². The van der Waals surface area contributed by atoms with Gasteiger partial charge >= 0.3 is 0 Å². The summed E-state index contributed by atoms with van der Waals surface area (Å²) in [6.07, 6.45) is 11.2. The first kappa shape index (κ1) is 22.9. The molecule has 3 aromatic rings. The molecule has 0 radical (unpaired) electrons. The van der Waals surface area contributed by atoms with Crippen LogP contribution in [0.15, 0.2) is 29.1 Å². The fourth-order valence-corrected chi connectivity index (χ4v) is 6.80. The zero-order chi connectivity index (χ0) is 23.8. The molecule has 3 fully saturated rings. The zero-order valence-electron chi connectivity index (χ0n) is 20.7. The van der Waals surface area contributed by atoms with Crippen LogP contribution in [0.1, 0.15) is 80.8 Å². The lowest BCUT2D eigenvalue weighted by Crippen LogP contribution is -2.47. The highest BCUT2D eigenvalue weighted by Crippen LogP contribution is 2.45. The Labute approximate surface area is 206 Å². The monoisotopic (exact) mass is 476 g/mol. The van der Waals surface area contributed by atoms with Gasteiger partial charge in [-0.1, -0.05) is 37.5 Å². The molecule has 0 unspecified atom stereocenters. The maximum Gasteiger partial charge on any atom is 0.253 e. The van der Waals surface area contributed by atoms with E-state index in [-0.39, 0.29) is 17.7 Å². The Hall–Kier alpha value is -2.58. The smallest absolute Gasteiger partial charge is 0.253 e. The molecule has 2 atom stereocenters. The molecule has 3 aliphatic rings. The lowest BCUT2D eigenvalue weighted by atomic mass is 9.69. The molecule has 6 rings (SSSR count). The summed E-state index contributed by atoms with van der Waals surface area (Å²) >= 11 is 0. The Morgan fingerprint density at radius 2 is 2.03 bits per heavy atom. The first-order valence-electron chi connectivity index (χ1n) is 13.4. The van der Waals surface area contributed by atoms with E-state index in [2.05, 4.69) is 37.5 Å². The van der Waals surface area contributed by atoms with Crippen molar-refractivity contribution in [3.05, 3.63) is 51.6 Å². The maximum absolute atomic E-state index is 13.6. The van der Waals surface area contributed by atoms with Crippen molar-refractivity contribution in [1.82, 2.24) is 30.1 Å². The van der Waals surface area contributed by atoms with Gasteiger partial charge in [0, 0.05) is 18.7 Å². The van der Waals surface area contributed by atoms with Crippen LogP contribution in [-0.4, -0.2) is 55.9 Å². The van der Waals surface area contributed by atoms with Gasteiger partial charge in [-0.15, -0.1) is 5.10 Å². The molecular formula is C27H36N6O2. The number of tetrazole rings is 1. The van der Waals surface area contributed by atoms with E-state index in [4.69, 9.17) is 4.74 Å². The van der Waals surface area contributed by atoms with Crippen LogP contribution in [0, 0.1) is 12.3 Å². The molecule has 1 N–H and O–H groups in total. The number of aromatic amines is 1. The Morgan fingerprint density at radius 3 is 2.86 bits per heavy atom. The van der Waals surface area contributed by atoms with Crippen LogP contribution in [0.2, 0.25) is 0 Å². The largest absolute Gasteiger partial charge is 0.376 e. The third-order valence-corrected chi connectivity index (χ3v) is 8.59. The topological polar surface area (TPSA) is 88.9 Å². The van der Waals surface area contributed by atoms with Crippen molar-refractivity contribution < 1.29 is 4.74 Å². The van der Waals surface area contributed by atoms with E-state index in [9.17, 15) is 4.79 Å². The van der Waals surface area contributed by atoms with Crippen LogP contribution >= 0.6 is 0 Å². The minimum Gasteiger partial charge on any atom is -0.376 e. The lowest BCUT2D eigenvalue weighted by molar-refractivity contribution is 0.0326. The number of rotatable bonds is 5.